The van der Waals surface area contributed by atoms with Crippen LogP contribution in [0.2, 0.25) is 0 Å². The van der Waals surface area contributed by atoms with Crippen LogP contribution in [0.25, 0.3) is 0 Å². The number of pyridine rings is 1. The second-order valence-electron chi connectivity index (χ2n) is 3.25. The van der Waals surface area contributed by atoms with Gasteiger partial charge < -0.3 is 10.6 Å². The number of nitrogen functional groups attached to an aromatic ring is 1. The van der Waals surface area contributed by atoms with Crippen LogP contribution in [0.5, 0.6) is 0 Å². The van der Waals surface area contributed by atoms with Crippen molar-refractivity contribution in [1.82, 2.24) is 4.98 Å². The van der Waals surface area contributed by atoms with Gasteiger partial charge in [0.1, 0.15) is 0 Å². The molecule has 0 atom stereocenters. The normalized spacial score (nSPS) is 16.2. The third-order valence-electron chi connectivity index (χ3n) is 2.15. The van der Waals surface area contributed by atoms with Crippen molar-refractivity contribution in [2.45, 2.75) is 6.42 Å². The number of rotatable bonds is 1. The minimum Gasteiger partial charge on any atom is -0.396 e. The van der Waals surface area contributed by atoms with Crippen LogP contribution < -0.4 is 10.6 Å². The quantitative estimate of drug-likeness (QED) is 0.763. The number of hydrogen-bond acceptors (Lipinski definition) is 4. The van der Waals surface area contributed by atoms with Crippen LogP contribution in [0.1, 0.15) is 6.42 Å². The molecule has 0 aromatic carbocycles. The number of ketones is 1. The van der Waals surface area contributed by atoms with Crippen molar-refractivity contribution >= 4 is 39.0 Å². The highest BCUT2D eigenvalue weighted by Crippen LogP contribution is 2.33. The Morgan fingerprint density at radius 1 is 1.40 bits per heavy atom. The maximum absolute atomic E-state index is 11.5. The minimum absolute atomic E-state index is 0.0474. The number of nitrogens with two attached hydrogens (primary N) is 1. The van der Waals surface area contributed by atoms with Gasteiger partial charge in [-0.25, -0.2) is 0 Å². The molecule has 1 aliphatic rings. The standard InChI is InChI=1S/C9H8BrN3O2/c10-6-2-12-3-7(11)9(6)13-4-5(14)1-8(13)15/h2-3H,1,4,11H2. The summed E-state index contributed by atoms with van der Waals surface area (Å²) in [4.78, 5) is 27.9. The number of amides is 1. The van der Waals surface area contributed by atoms with E-state index in [1.165, 1.54) is 11.1 Å². The SMILES string of the molecule is Nc1cncc(Br)c1N1CC(=O)CC1=O. The number of Topliss-reactive ketones (excluding diaryl/α,β-unsaturated/α-hetero) is 1. The molecule has 1 fully saturated rings. The molecule has 0 aliphatic carbocycles. The van der Waals surface area contributed by atoms with E-state index in [1.807, 2.05) is 0 Å². The van der Waals surface area contributed by atoms with Crippen LogP contribution >= 0.6 is 15.9 Å². The summed E-state index contributed by atoms with van der Waals surface area (Å²) in [5.41, 5.74) is 6.62. The van der Waals surface area contributed by atoms with E-state index in [9.17, 15) is 9.59 Å². The first-order valence-corrected chi connectivity index (χ1v) is 5.10. The molecule has 1 amide bonds. The van der Waals surface area contributed by atoms with Crippen LogP contribution in [0, 0.1) is 0 Å². The third kappa shape index (κ3) is 1.72. The molecule has 1 aromatic heterocycles. The fourth-order valence-corrected chi connectivity index (χ4v) is 2.08. The van der Waals surface area contributed by atoms with E-state index in [4.69, 9.17) is 5.73 Å². The summed E-state index contributed by atoms with van der Waals surface area (Å²) in [6, 6.07) is 0. The zero-order valence-corrected chi connectivity index (χ0v) is 9.32. The van der Waals surface area contributed by atoms with Crippen molar-refractivity contribution < 1.29 is 9.59 Å². The van der Waals surface area contributed by atoms with Crippen molar-refractivity contribution in [2.75, 3.05) is 17.2 Å². The average Bonchev–Trinajstić information content (AvgIpc) is 2.45. The number of anilines is 2. The fraction of sp³-hybridized carbons (Fsp3) is 0.222. The molecular weight excluding hydrogens is 262 g/mol. The zero-order chi connectivity index (χ0) is 11.0. The van der Waals surface area contributed by atoms with Gasteiger partial charge in [-0.05, 0) is 15.9 Å². The van der Waals surface area contributed by atoms with E-state index >= 15 is 0 Å². The Labute approximate surface area is 94.4 Å². The maximum Gasteiger partial charge on any atom is 0.235 e. The first kappa shape index (κ1) is 10.1. The van der Waals surface area contributed by atoms with Gasteiger partial charge in [0.05, 0.1) is 35.0 Å². The Kier molecular flexibility index (Phi) is 2.44. The van der Waals surface area contributed by atoms with E-state index < -0.39 is 0 Å². The summed E-state index contributed by atoms with van der Waals surface area (Å²) in [7, 11) is 0. The molecule has 0 saturated carbocycles. The van der Waals surface area contributed by atoms with Gasteiger partial charge in [0.15, 0.2) is 5.78 Å². The van der Waals surface area contributed by atoms with Crippen molar-refractivity contribution in [2.24, 2.45) is 0 Å². The molecule has 0 unspecified atom stereocenters. The van der Waals surface area contributed by atoms with Gasteiger partial charge in [0, 0.05) is 6.20 Å². The molecule has 1 aromatic rings. The Morgan fingerprint density at radius 3 is 2.67 bits per heavy atom. The fourth-order valence-electron chi connectivity index (χ4n) is 1.52. The molecule has 2 heterocycles. The summed E-state index contributed by atoms with van der Waals surface area (Å²) in [6.07, 6.45) is 2.95. The molecule has 1 saturated heterocycles. The lowest BCUT2D eigenvalue weighted by atomic mass is 10.3. The molecule has 2 rings (SSSR count). The van der Waals surface area contributed by atoms with Crippen molar-refractivity contribution in [3.8, 4) is 0 Å². The number of carbonyl (C=O) groups excluding carboxylic acids is 2. The van der Waals surface area contributed by atoms with Gasteiger partial charge in [-0.2, -0.15) is 0 Å². The smallest absolute Gasteiger partial charge is 0.235 e. The van der Waals surface area contributed by atoms with Crippen LogP contribution in [-0.4, -0.2) is 23.2 Å². The Balaban J connectivity index is 2.46. The van der Waals surface area contributed by atoms with Gasteiger partial charge in [-0.1, -0.05) is 0 Å². The summed E-state index contributed by atoms with van der Waals surface area (Å²) in [6.45, 7) is 0.0889. The number of carbonyl (C=O) groups is 2. The van der Waals surface area contributed by atoms with Gasteiger partial charge in [-0.3, -0.25) is 14.6 Å². The largest absolute Gasteiger partial charge is 0.396 e. The van der Waals surface area contributed by atoms with Crippen LogP contribution in [0.15, 0.2) is 16.9 Å². The third-order valence-corrected chi connectivity index (χ3v) is 2.74. The molecule has 0 bridgehead atoms. The van der Waals surface area contributed by atoms with E-state index in [0.29, 0.717) is 15.8 Å². The number of nitrogens with zero attached hydrogens (tertiary/aromatic N) is 2. The first-order valence-electron chi connectivity index (χ1n) is 4.30. The minimum atomic E-state index is -0.224. The van der Waals surface area contributed by atoms with E-state index in [2.05, 4.69) is 20.9 Å². The second-order valence-corrected chi connectivity index (χ2v) is 4.11. The number of aromatic nitrogens is 1. The van der Waals surface area contributed by atoms with E-state index in [0.717, 1.165) is 0 Å². The van der Waals surface area contributed by atoms with Gasteiger partial charge in [0.2, 0.25) is 5.91 Å². The lowest BCUT2D eigenvalue weighted by molar-refractivity contribution is -0.121. The molecule has 15 heavy (non-hydrogen) atoms. The summed E-state index contributed by atoms with van der Waals surface area (Å²) < 4.78 is 0.616. The highest BCUT2D eigenvalue weighted by molar-refractivity contribution is 9.10. The van der Waals surface area contributed by atoms with Crippen LogP contribution in [0.4, 0.5) is 11.4 Å². The molecule has 0 spiro atoms. The molecular formula is C9H8BrN3O2. The number of hydrogen-bond donors (Lipinski definition) is 1. The molecule has 0 radical (unpaired) electrons. The predicted molar refractivity (Wildman–Crippen MR) is 58.3 cm³/mol. The first-order chi connectivity index (χ1) is 7.09. The molecule has 6 heteroatoms. The van der Waals surface area contributed by atoms with Crippen LogP contribution in [0.3, 0.4) is 0 Å². The van der Waals surface area contributed by atoms with Crippen molar-refractivity contribution in [3.05, 3.63) is 16.9 Å². The lowest BCUT2D eigenvalue weighted by Gasteiger charge is -2.17. The van der Waals surface area contributed by atoms with E-state index in [1.54, 1.807) is 6.20 Å². The van der Waals surface area contributed by atoms with Gasteiger partial charge in [-0.15, -0.1) is 0 Å². The molecule has 5 nitrogen and oxygen atoms in total. The topological polar surface area (TPSA) is 76.3 Å². The molecule has 1 aliphatic heterocycles. The van der Waals surface area contributed by atoms with E-state index in [-0.39, 0.29) is 24.7 Å². The summed E-state index contributed by atoms with van der Waals surface area (Å²) in [5, 5.41) is 0. The van der Waals surface area contributed by atoms with Crippen molar-refractivity contribution in [3.63, 3.8) is 0 Å². The predicted octanol–water partition coefficient (Wildman–Crippen LogP) is 0.732. The summed E-state index contributed by atoms with van der Waals surface area (Å²) in [5.74, 6) is -0.318. The number of halogens is 1. The highest BCUT2D eigenvalue weighted by Gasteiger charge is 2.30. The Morgan fingerprint density at radius 2 is 2.13 bits per heavy atom. The van der Waals surface area contributed by atoms with Gasteiger partial charge in [0.25, 0.3) is 0 Å². The Hall–Kier alpha value is -1.43. The van der Waals surface area contributed by atoms with Crippen molar-refractivity contribution in [1.29, 1.82) is 0 Å². The van der Waals surface area contributed by atoms with Gasteiger partial charge >= 0.3 is 0 Å². The second kappa shape index (κ2) is 3.62. The average molecular weight is 270 g/mol. The maximum atomic E-state index is 11.5. The Bertz CT molecular complexity index is 427. The monoisotopic (exact) mass is 269 g/mol. The zero-order valence-electron chi connectivity index (χ0n) is 7.74. The highest BCUT2D eigenvalue weighted by atomic mass is 79.9. The molecule has 2 N–H and O–H groups in total. The van der Waals surface area contributed by atoms with Crippen LogP contribution in [-0.2, 0) is 9.59 Å². The molecule has 78 valence electrons. The summed E-state index contributed by atoms with van der Waals surface area (Å²) >= 11 is 3.26. The lowest BCUT2D eigenvalue weighted by Crippen LogP contribution is -2.26.